The van der Waals surface area contributed by atoms with Gasteiger partial charge in [-0.05, 0) is 12.0 Å². The van der Waals surface area contributed by atoms with Crippen LogP contribution in [0, 0.1) is 5.92 Å². The molecule has 88 valence electrons. The van der Waals surface area contributed by atoms with Crippen LogP contribution in [0.2, 0.25) is 0 Å². The molecule has 3 heteroatoms. The molecule has 3 rings (SSSR count). The Morgan fingerprint density at radius 3 is 2.94 bits per heavy atom. The van der Waals surface area contributed by atoms with Gasteiger partial charge in [0.1, 0.15) is 12.7 Å². The van der Waals surface area contributed by atoms with Crippen LogP contribution in [-0.2, 0) is 9.57 Å². The lowest BCUT2D eigenvalue weighted by Crippen LogP contribution is -2.20. The zero-order valence-corrected chi connectivity index (χ0v) is 9.58. The second kappa shape index (κ2) is 4.34. The summed E-state index contributed by atoms with van der Waals surface area (Å²) in [6.07, 6.45) is 2.84. The van der Waals surface area contributed by atoms with Crippen LogP contribution in [0.25, 0.3) is 0 Å². The minimum Gasteiger partial charge on any atom is -0.395 e. The van der Waals surface area contributed by atoms with E-state index in [2.05, 4.69) is 23.9 Å². The Balaban J connectivity index is 1.89. The van der Waals surface area contributed by atoms with Crippen LogP contribution in [0.5, 0.6) is 0 Å². The van der Waals surface area contributed by atoms with E-state index in [1.807, 2.05) is 24.3 Å². The van der Waals surface area contributed by atoms with Crippen molar-refractivity contribution in [1.82, 2.24) is 0 Å². The molecule has 1 aromatic carbocycles. The molecule has 0 amide bonds. The minimum atomic E-state index is -0.0475. The zero-order valence-electron chi connectivity index (χ0n) is 9.58. The SMILES string of the molecule is C=CC[C@H]1O[C@@H](c2ccccc2)C2=NOC[C@@H]21. The van der Waals surface area contributed by atoms with Crippen molar-refractivity contribution in [3.05, 3.63) is 48.6 Å². The van der Waals surface area contributed by atoms with E-state index < -0.39 is 0 Å². The third-order valence-electron chi connectivity index (χ3n) is 3.33. The smallest absolute Gasteiger partial charge is 0.127 e. The Morgan fingerprint density at radius 1 is 1.35 bits per heavy atom. The number of fused-ring (bicyclic) bond motifs is 1. The van der Waals surface area contributed by atoms with Crippen molar-refractivity contribution in [2.75, 3.05) is 6.61 Å². The summed E-state index contributed by atoms with van der Waals surface area (Å²) in [4.78, 5) is 5.21. The number of hydrogen-bond acceptors (Lipinski definition) is 3. The lowest BCUT2D eigenvalue weighted by Gasteiger charge is -2.14. The normalized spacial score (nSPS) is 30.6. The number of nitrogens with zero attached hydrogens (tertiary/aromatic N) is 1. The first-order valence-electron chi connectivity index (χ1n) is 5.91. The van der Waals surface area contributed by atoms with E-state index in [1.165, 1.54) is 0 Å². The van der Waals surface area contributed by atoms with E-state index in [1.54, 1.807) is 0 Å². The molecular weight excluding hydrogens is 214 g/mol. The van der Waals surface area contributed by atoms with Crippen molar-refractivity contribution in [2.24, 2.45) is 11.1 Å². The fourth-order valence-electron chi connectivity index (χ4n) is 2.49. The summed E-state index contributed by atoms with van der Waals surface area (Å²) in [7, 11) is 0. The van der Waals surface area contributed by atoms with Gasteiger partial charge in [-0.25, -0.2) is 0 Å². The quantitative estimate of drug-likeness (QED) is 0.746. The van der Waals surface area contributed by atoms with E-state index >= 15 is 0 Å². The Bertz CT molecular complexity index is 441. The Morgan fingerprint density at radius 2 is 2.18 bits per heavy atom. The third-order valence-corrected chi connectivity index (χ3v) is 3.33. The van der Waals surface area contributed by atoms with Gasteiger partial charge in [0.2, 0.25) is 0 Å². The molecule has 0 aliphatic carbocycles. The van der Waals surface area contributed by atoms with Crippen molar-refractivity contribution in [2.45, 2.75) is 18.6 Å². The van der Waals surface area contributed by atoms with Gasteiger partial charge < -0.3 is 9.57 Å². The van der Waals surface area contributed by atoms with Crippen LogP contribution in [0.1, 0.15) is 18.1 Å². The van der Waals surface area contributed by atoms with Crippen LogP contribution >= 0.6 is 0 Å². The first-order chi connectivity index (χ1) is 8.40. The molecule has 0 bridgehead atoms. The molecule has 1 aromatic rings. The fourth-order valence-corrected chi connectivity index (χ4v) is 2.49. The van der Waals surface area contributed by atoms with Crippen molar-refractivity contribution in [3.8, 4) is 0 Å². The third kappa shape index (κ3) is 1.76. The van der Waals surface area contributed by atoms with Crippen molar-refractivity contribution >= 4 is 5.71 Å². The molecule has 1 fully saturated rings. The van der Waals surface area contributed by atoms with Gasteiger partial charge in [0.05, 0.1) is 17.7 Å². The highest BCUT2D eigenvalue weighted by atomic mass is 16.6. The lowest BCUT2D eigenvalue weighted by molar-refractivity contribution is 0.0158. The maximum absolute atomic E-state index is 6.07. The predicted molar refractivity (Wildman–Crippen MR) is 65.7 cm³/mol. The van der Waals surface area contributed by atoms with Crippen LogP contribution in [0.3, 0.4) is 0 Å². The highest BCUT2D eigenvalue weighted by molar-refractivity contribution is 5.94. The van der Waals surface area contributed by atoms with Gasteiger partial charge in [0.15, 0.2) is 0 Å². The Hall–Kier alpha value is -1.61. The summed E-state index contributed by atoms with van der Waals surface area (Å²) < 4.78 is 6.07. The fraction of sp³-hybridized carbons (Fsp3) is 0.357. The standard InChI is InChI=1S/C14H15NO2/c1-2-6-12-11-9-16-15-13(11)14(17-12)10-7-4-3-5-8-10/h2-5,7-8,11-12,14H,1,6,9H2/t11-,12-,14+/m1/s1. The second-order valence-corrected chi connectivity index (χ2v) is 4.41. The van der Waals surface area contributed by atoms with Gasteiger partial charge in [-0.15, -0.1) is 6.58 Å². The zero-order chi connectivity index (χ0) is 11.7. The van der Waals surface area contributed by atoms with Gasteiger partial charge in [-0.1, -0.05) is 41.6 Å². The van der Waals surface area contributed by atoms with E-state index in [-0.39, 0.29) is 12.2 Å². The summed E-state index contributed by atoms with van der Waals surface area (Å²) >= 11 is 0. The summed E-state index contributed by atoms with van der Waals surface area (Å²) in [6, 6.07) is 10.2. The van der Waals surface area contributed by atoms with Crippen molar-refractivity contribution in [3.63, 3.8) is 0 Å². The number of rotatable bonds is 3. The van der Waals surface area contributed by atoms with E-state index in [0.717, 1.165) is 17.7 Å². The molecular formula is C14H15NO2. The number of oxime groups is 1. The molecule has 0 N–H and O–H groups in total. The highest BCUT2D eigenvalue weighted by Crippen LogP contribution is 2.39. The van der Waals surface area contributed by atoms with Gasteiger partial charge in [-0.3, -0.25) is 0 Å². The molecule has 2 aliphatic rings. The molecule has 0 radical (unpaired) electrons. The van der Waals surface area contributed by atoms with Gasteiger partial charge >= 0.3 is 0 Å². The van der Waals surface area contributed by atoms with E-state index in [9.17, 15) is 0 Å². The molecule has 0 unspecified atom stereocenters. The summed E-state index contributed by atoms with van der Waals surface area (Å²) in [6.45, 7) is 4.41. The van der Waals surface area contributed by atoms with Crippen molar-refractivity contribution < 1.29 is 9.57 Å². The molecule has 0 aromatic heterocycles. The lowest BCUT2D eigenvalue weighted by atomic mass is 9.94. The molecule has 2 heterocycles. The maximum Gasteiger partial charge on any atom is 0.127 e. The van der Waals surface area contributed by atoms with Crippen LogP contribution in [-0.4, -0.2) is 18.4 Å². The van der Waals surface area contributed by atoms with E-state index in [0.29, 0.717) is 12.5 Å². The minimum absolute atomic E-state index is 0.0475. The first kappa shape index (κ1) is 10.5. The van der Waals surface area contributed by atoms with Crippen LogP contribution < -0.4 is 0 Å². The molecule has 1 saturated heterocycles. The van der Waals surface area contributed by atoms with Gasteiger partial charge in [0.25, 0.3) is 0 Å². The molecule has 17 heavy (non-hydrogen) atoms. The monoisotopic (exact) mass is 229 g/mol. The highest BCUT2D eigenvalue weighted by Gasteiger charge is 2.44. The summed E-state index contributed by atoms with van der Waals surface area (Å²) in [5.74, 6) is 0.290. The first-order valence-corrected chi connectivity index (χ1v) is 5.91. The average molecular weight is 229 g/mol. The second-order valence-electron chi connectivity index (χ2n) is 4.41. The molecule has 3 nitrogen and oxygen atoms in total. The summed E-state index contributed by atoms with van der Waals surface area (Å²) in [5.41, 5.74) is 2.18. The Kier molecular flexibility index (Phi) is 2.69. The molecule has 2 aliphatic heterocycles. The Labute approximate surface area is 101 Å². The number of benzene rings is 1. The molecule has 0 spiro atoms. The van der Waals surface area contributed by atoms with Gasteiger partial charge in [0, 0.05) is 0 Å². The average Bonchev–Trinajstić information content (AvgIpc) is 2.94. The number of hydrogen-bond donors (Lipinski definition) is 0. The summed E-state index contributed by atoms with van der Waals surface area (Å²) in [5, 5.41) is 4.15. The maximum atomic E-state index is 6.07. The number of ether oxygens (including phenoxy) is 1. The van der Waals surface area contributed by atoms with Crippen LogP contribution in [0.4, 0.5) is 0 Å². The molecule has 3 atom stereocenters. The molecule has 0 saturated carbocycles. The van der Waals surface area contributed by atoms with E-state index in [4.69, 9.17) is 9.57 Å². The largest absolute Gasteiger partial charge is 0.395 e. The topological polar surface area (TPSA) is 30.8 Å². The van der Waals surface area contributed by atoms with Crippen LogP contribution in [0.15, 0.2) is 48.1 Å². The predicted octanol–water partition coefficient (Wildman–Crippen LogP) is 2.71. The van der Waals surface area contributed by atoms with Crippen molar-refractivity contribution in [1.29, 1.82) is 0 Å². The van der Waals surface area contributed by atoms with Gasteiger partial charge in [-0.2, -0.15) is 0 Å².